The van der Waals surface area contributed by atoms with Crippen LogP contribution in [0, 0.1) is 5.82 Å². The largest absolute Gasteiger partial charge is 0.321 e. The van der Waals surface area contributed by atoms with Crippen molar-refractivity contribution in [3.63, 3.8) is 0 Å². The summed E-state index contributed by atoms with van der Waals surface area (Å²) >= 11 is 3.12. The number of amides is 1. The van der Waals surface area contributed by atoms with E-state index >= 15 is 0 Å². The molecule has 1 amide bonds. The Morgan fingerprint density at radius 1 is 1.38 bits per heavy atom. The van der Waals surface area contributed by atoms with E-state index in [-0.39, 0.29) is 5.91 Å². The van der Waals surface area contributed by atoms with Gasteiger partial charge in [0, 0.05) is 10.5 Å². The van der Waals surface area contributed by atoms with Crippen LogP contribution in [0.25, 0.3) is 5.70 Å². The zero-order valence-electron chi connectivity index (χ0n) is 6.47. The van der Waals surface area contributed by atoms with E-state index in [1.807, 2.05) is 0 Å². The third-order valence-electron chi connectivity index (χ3n) is 1.87. The van der Waals surface area contributed by atoms with E-state index in [1.165, 1.54) is 12.1 Å². The molecule has 0 radical (unpaired) electrons. The average molecular weight is 242 g/mol. The molecule has 0 unspecified atom stereocenters. The number of benzene rings is 1. The number of rotatable bonds is 0. The van der Waals surface area contributed by atoms with Gasteiger partial charge in [0.2, 0.25) is 0 Å². The van der Waals surface area contributed by atoms with Crippen molar-refractivity contribution in [2.45, 2.75) is 0 Å². The van der Waals surface area contributed by atoms with E-state index in [9.17, 15) is 9.18 Å². The van der Waals surface area contributed by atoms with Crippen molar-refractivity contribution in [2.24, 2.45) is 0 Å². The molecule has 1 aromatic carbocycles. The Labute approximate surface area is 82.6 Å². The minimum absolute atomic E-state index is 0.264. The molecule has 13 heavy (non-hydrogen) atoms. The lowest BCUT2D eigenvalue weighted by atomic mass is 10.1. The molecule has 2 rings (SSSR count). The fraction of sp³-hybridized carbons (Fsp3) is 0. The first kappa shape index (κ1) is 8.44. The highest BCUT2D eigenvalue weighted by Crippen LogP contribution is 2.25. The van der Waals surface area contributed by atoms with Gasteiger partial charge in [0.15, 0.2) is 0 Å². The van der Waals surface area contributed by atoms with Crippen molar-refractivity contribution in [3.05, 3.63) is 40.1 Å². The van der Waals surface area contributed by atoms with Crippen molar-refractivity contribution in [1.29, 1.82) is 0 Å². The zero-order chi connectivity index (χ0) is 9.42. The van der Waals surface area contributed by atoms with Crippen LogP contribution < -0.4 is 5.32 Å². The quantitative estimate of drug-likeness (QED) is 0.742. The molecular weight excluding hydrogens is 237 g/mol. The third-order valence-corrected chi connectivity index (χ3v) is 2.33. The van der Waals surface area contributed by atoms with E-state index in [1.54, 1.807) is 11.1 Å². The number of hydrogen-bond donors (Lipinski definition) is 1. The Bertz CT molecular complexity index is 414. The summed E-state index contributed by atoms with van der Waals surface area (Å²) in [5, 5.41) is 2.60. The van der Waals surface area contributed by atoms with Crippen LogP contribution in [0.5, 0.6) is 0 Å². The highest BCUT2D eigenvalue weighted by atomic mass is 79.9. The fourth-order valence-electron chi connectivity index (χ4n) is 1.28. The van der Waals surface area contributed by atoms with E-state index < -0.39 is 5.82 Å². The Morgan fingerprint density at radius 2 is 2.15 bits per heavy atom. The van der Waals surface area contributed by atoms with Crippen LogP contribution in [0.4, 0.5) is 4.39 Å². The predicted molar refractivity (Wildman–Crippen MR) is 50.8 cm³/mol. The van der Waals surface area contributed by atoms with Gasteiger partial charge in [-0.25, -0.2) is 4.39 Å². The molecule has 1 aromatic rings. The van der Waals surface area contributed by atoms with Crippen molar-refractivity contribution < 1.29 is 9.18 Å². The fourth-order valence-corrected chi connectivity index (χ4v) is 1.64. The molecule has 0 bridgehead atoms. The molecule has 1 N–H and O–H groups in total. The summed E-state index contributed by atoms with van der Waals surface area (Å²) in [6, 6.07) is 4.14. The molecule has 1 aliphatic heterocycles. The first-order valence-corrected chi connectivity index (χ1v) is 4.55. The maximum Gasteiger partial charge on any atom is 0.256 e. The summed E-state index contributed by atoms with van der Waals surface area (Å²) < 4.78 is 12.8. The van der Waals surface area contributed by atoms with Gasteiger partial charge in [-0.3, -0.25) is 4.79 Å². The van der Waals surface area contributed by atoms with Gasteiger partial charge in [0.05, 0.1) is 11.3 Å². The standard InChI is InChI=1S/C9H5BrFNO/c10-4-8-6-2-1-5(11)3-7(6)9(13)12-8/h1-4H,(H,12,13)/b8-4-. The molecule has 1 heterocycles. The van der Waals surface area contributed by atoms with Crippen LogP contribution in [-0.4, -0.2) is 5.91 Å². The van der Waals surface area contributed by atoms with Gasteiger partial charge in [-0.05, 0) is 18.2 Å². The van der Waals surface area contributed by atoms with Gasteiger partial charge in [-0.2, -0.15) is 0 Å². The van der Waals surface area contributed by atoms with Crippen molar-refractivity contribution in [1.82, 2.24) is 5.32 Å². The second-order valence-electron chi connectivity index (χ2n) is 2.67. The SMILES string of the molecule is O=C1N/C(=C\Br)c2ccc(F)cc21. The molecule has 0 atom stereocenters. The van der Waals surface area contributed by atoms with Crippen molar-refractivity contribution >= 4 is 27.5 Å². The Kier molecular flexibility index (Phi) is 1.92. The Hall–Kier alpha value is -1.16. The lowest BCUT2D eigenvalue weighted by molar-refractivity contribution is 0.0980. The van der Waals surface area contributed by atoms with Crippen LogP contribution in [0.2, 0.25) is 0 Å². The van der Waals surface area contributed by atoms with E-state index in [0.717, 1.165) is 5.56 Å². The first-order valence-electron chi connectivity index (χ1n) is 3.64. The van der Waals surface area contributed by atoms with Crippen LogP contribution in [-0.2, 0) is 0 Å². The number of carbonyl (C=O) groups excluding carboxylic acids is 1. The average Bonchev–Trinajstić information content (AvgIpc) is 2.43. The molecule has 0 saturated carbocycles. The van der Waals surface area contributed by atoms with Crippen molar-refractivity contribution in [3.8, 4) is 0 Å². The summed E-state index contributed by atoms with van der Waals surface area (Å²) in [6.45, 7) is 0. The van der Waals surface area contributed by atoms with Gasteiger partial charge in [0.1, 0.15) is 5.82 Å². The molecule has 4 heteroatoms. The second-order valence-corrected chi connectivity index (χ2v) is 3.12. The van der Waals surface area contributed by atoms with Crippen LogP contribution in [0.1, 0.15) is 15.9 Å². The predicted octanol–water partition coefficient (Wildman–Crippen LogP) is 2.26. The topological polar surface area (TPSA) is 29.1 Å². The summed E-state index contributed by atoms with van der Waals surface area (Å²) in [4.78, 5) is 12.9. The number of carbonyl (C=O) groups is 1. The van der Waals surface area contributed by atoms with Crippen LogP contribution >= 0.6 is 15.9 Å². The number of fused-ring (bicyclic) bond motifs is 1. The summed E-state index contributed by atoms with van der Waals surface area (Å²) in [7, 11) is 0. The second kappa shape index (κ2) is 2.96. The number of nitrogens with one attached hydrogen (secondary N) is 1. The molecule has 1 aliphatic rings. The van der Waals surface area contributed by atoms with Gasteiger partial charge < -0.3 is 5.32 Å². The number of halogens is 2. The zero-order valence-corrected chi connectivity index (χ0v) is 8.06. The molecule has 0 aromatic heterocycles. The van der Waals surface area contributed by atoms with Gasteiger partial charge in [-0.15, -0.1) is 0 Å². The molecule has 0 aliphatic carbocycles. The van der Waals surface area contributed by atoms with Gasteiger partial charge in [-0.1, -0.05) is 15.9 Å². The lowest BCUT2D eigenvalue weighted by Gasteiger charge is -1.95. The summed E-state index contributed by atoms with van der Waals surface area (Å²) in [5.41, 5.74) is 1.77. The molecular formula is C9H5BrFNO. The first-order chi connectivity index (χ1) is 6.22. The summed E-state index contributed by atoms with van der Waals surface area (Å²) in [6.07, 6.45) is 0. The third kappa shape index (κ3) is 1.27. The summed E-state index contributed by atoms with van der Waals surface area (Å²) in [5.74, 6) is -0.662. The molecule has 0 saturated heterocycles. The monoisotopic (exact) mass is 241 g/mol. The Morgan fingerprint density at radius 3 is 2.85 bits per heavy atom. The Balaban J connectivity index is 2.65. The minimum Gasteiger partial charge on any atom is -0.321 e. The van der Waals surface area contributed by atoms with Crippen molar-refractivity contribution in [2.75, 3.05) is 0 Å². The van der Waals surface area contributed by atoms with Gasteiger partial charge in [0.25, 0.3) is 5.91 Å². The molecule has 66 valence electrons. The molecule has 0 spiro atoms. The van der Waals surface area contributed by atoms with Gasteiger partial charge >= 0.3 is 0 Å². The number of hydrogen-bond acceptors (Lipinski definition) is 1. The van der Waals surface area contributed by atoms with E-state index in [4.69, 9.17) is 0 Å². The minimum atomic E-state index is -0.398. The maximum atomic E-state index is 12.8. The molecule has 2 nitrogen and oxygen atoms in total. The highest BCUT2D eigenvalue weighted by molar-refractivity contribution is 9.11. The van der Waals surface area contributed by atoms with E-state index in [0.29, 0.717) is 11.3 Å². The smallest absolute Gasteiger partial charge is 0.256 e. The van der Waals surface area contributed by atoms with E-state index in [2.05, 4.69) is 21.2 Å². The highest BCUT2D eigenvalue weighted by Gasteiger charge is 2.23. The van der Waals surface area contributed by atoms with Crippen LogP contribution in [0.15, 0.2) is 23.2 Å². The molecule has 0 fully saturated rings. The normalized spacial score (nSPS) is 17.4. The maximum absolute atomic E-state index is 12.8. The lowest BCUT2D eigenvalue weighted by Crippen LogP contribution is -2.11. The van der Waals surface area contributed by atoms with Crippen LogP contribution in [0.3, 0.4) is 0 Å².